The van der Waals surface area contributed by atoms with Gasteiger partial charge in [0.1, 0.15) is 6.10 Å². The molecule has 1 saturated heterocycles. The Kier molecular flexibility index (Phi) is 0.878. The third-order valence-corrected chi connectivity index (χ3v) is 2.81. The molecule has 1 aromatic rings. The first-order valence-electron chi connectivity index (χ1n) is 4.12. The third kappa shape index (κ3) is 0.596. The molecule has 0 saturated carbocycles. The maximum Gasteiger partial charge on any atom is 0.110 e. The molecule has 1 fully saturated rings. The van der Waals surface area contributed by atoms with Crippen LogP contribution in [0.5, 0.6) is 0 Å². The monoisotopic (exact) mass is 146 g/mol. The van der Waals surface area contributed by atoms with E-state index >= 15 is 0 Å². The van der Waals surface area contributed by atoms with Crippen molar-refractivity contribution >= 4 is 0 Å². The number of ether oxygens (including phenoxy) is 1. The van der Waals surface area contributed by atoms with Crippen LogP contribution < -0.4 is 0 Å². The van der Waals surface area contributed by atoms with Gasteiger partial charge >= 0.3 is 0 Å². The molecule has 1 nitrogen and oxygen atoms in total. The van der Waals surface area contributed by atoms with Crippen LogP contribution in [0.1, 0.15) is 30.1 Å². The lowest BCUT2D eigenvalue weighted by atomic mass is 10.0. The molecule has 0 amide bonds. The van der Waals surface area contributed by atoms with E-state index in [1.54, 1.807) is 0 Å². The van der Waals surface area contributed by atoms with Crippen LogP contribution in [0.25, 0.3) is 0 Å². The summed E-state index contributed by atoms with van der Waals surface area (Å²) < 4.78 is 5.49. The van der Waals surface area contributed by atoms with Gasteiger partial charge in [-0.05, 0) is 11.1 Å². The number of hydrogen-bond donors (Lipinski definition) is 0. The second-order valence-electron chi connectivity index (χ2n) is 3.44. The van der Waals surface area contributed by atoms with Crippen LogP contribution in [0.15, 0.2) is 24.3 Å². The highest BCUT2D eigenvalue weighted by Gasteiger charge is 2.51. The Morgan fingerprint density at radius 3 is 2.64 bits per heavy atom. The summed E-state index contributed by atoms with van der Waals surface area (Å²) in [7, 11) is 0. The fourth-order valence-corrected chi connectivity index (χ4v) is 2.12. The van der Waals surface area contributed by atoms with Gasteiger partial charge in [0.2, 0.25) is 0 Å². The van der Waals surface area contributed by atoms with Gasteiger partial charge in [-0.25, -0.2) is 0 Å². The first kappa shape index (κ1) is 5.78. The van der Waals surface area contributed by atoms with Crippen LogP contribution in [-0.2, 0) is 4.74 Å². The average Bonchev–Trinajstić information content (AvgIpc) is 2.78. The molecule has 2 aliphatic rings. The van der Waals surface area contributed by atoms with Crippen molar-refractivity contribution in [1.29, 1.82) is 0 Å². The normalized spacial score (nSPS) is 38.1. The molecular weight excluding hydrogens is 136 g/mol. The molecule has 1 aliphatic carbocycles. The van der Waals surface area contributed by atoms with E-state index in [1.807, 2.05) is 0 Å². The predicted molar refractivity (Wildman–Crippen MR) is 42.5 cm³/mol. The highest BCUT2D eigenvalue weighted by atomic mass is 16.6. The molecule has 3 rings (SSSR count). The van der Waals surface area contributed by atoms with Crippen LogP contribution in [-0.4, -0.2) is 6.10 Å². The Morgan fingerprint density at radius 1 is 1.18 bits per heavy atom. The molecule has 56 valence electrons. The number of hydrogen-bond acceptors (Lipinski definition) is 1. The Morgan fingerprint density at radius 2 is 1.91 bits per heavy atom. The summed E-state index contributed by atoms with van der Waals surface area (Å²) in [5.41, 5.74) is 2.92. The van der Waals surface area contributed by atoms with Crippen LogP contribution >= 0.6 is 0 Å². The second-order valence-corrected chi connectivity index (χ2v) is 3.44. The van der Waals surface area contributed by atoms with Gasteiger partial charge in [-0.15, -0.1) is 0 Å². The maximum absolute atomic E-state index is 5.49. The van der Waals surface area contributed by atoms with Crippen molar-refractivity contribution in [3.05, 3.63) is 35.4 Å². The summed E-state index contributed by atoms with van der Waals surface area (Å²) >= 11 is 0. The van der Waals surface area contributed by atoms with E-state index in [9.17, 15) is 0 Å². The Balaban J connectivity index is 2.22. The summed E-state index contributed by atoms with van der Waals surface area (Å²) in [6.45, 7) is 2.25. The minimum absolute atomic E-state index is 0.446. The number of benzene rings is 1. The quantitative estimate of drug-likeness (QED) is 0.511. The molecule has 0 spiro atoms. The van der Waals surface area contributed by atoms with E-state index in [-0.39, 0.29) is 0 Å². The van der Waals surface area contributed by atoms with Gasteiger partial charge in [-0.1, -0.05) is 31.2 Å². The molecule has 11 heavy (non-hydrogen) atoms. The van der Waals surface area contributed by atoms with Gasteiger partial charge in [-0.2, -0.15) is 0 Å². The minimum atomic E-state index is 0.446. The first-order valence-corrected chi connectivity index (χ1v) is 4.12. The average molecular weight is 146 g/mol. The summed E-state index contributed by atoms with van der Waals surface area (Å²) in [5.74, 6) is 0.621. The molecule has 0 aromatic heterocycles. The van der Waals surface area contributed by atoms with E-state index in [4.69, 9.17) is 4.74 Å². The number of rotatable bonds is 0. The van der Waals surface area contributed by atoms with Crippen molar-refractivity contribution in [1.82, 2.24) is 0 Å². The number of fused-ring (bicyclic) bond motifs is 3. The molecule has 0 unspecified atom stereocenters. The SMILES string of the molecule is C[C@@H]1c2ccccc2[C@H]2O[C@@H]12. The molecule has 0 radical (unpaired) electrons. The van der Waals surface area contributed by atoms with Crippen molar-refractivity contribution in [2.75, 3.05) is 0 Å². The molecule has 1 aliphatic heterocycles. The van der Waals surface area contributed by atoms with Crippen LogP contribution in [0.3, 0.4) is 0 Å². The topological polar surface area (TPSA) is 12.5 Å². The standard InChI is InChI=1S/C10H10O/c1-6-7-4-2-3-5-8(7)10-9(6)11-10/h2-6,9-10H,1H3/t6-,9+,10-/m1/s1. The van der Waals surface area contributed by atoms with Crippen molar-refractivity contribution in [2.24, 2.45) is 0 Å². The zero-order valence-electron chi connectivity index (χ0n) is 6.45. The van der Waals surface area contributed by atoms with E-state index in [2.05, 4.69) is 31.2 Å². The summed E-state index contributed by atoms with van der Waals surface area (Å²) in [6.07, 6.45) is 0.952. The van der Waals surface area contributed by atoms with Crippen molar-refractivity contribution in [3.8, 4) is 0 Å². The maximum atomic E-state index is 5.49. The molecule has 1 heterocycles. The van der Waals surface area contributed by atoms with E-state index < -0.39 is 0 Å². The van der Waals surface area contributed by atoms with E-state index in [0.29, 0.717) is 18.1 Å². The second kappa shape index (κ2) is 1.67. The van der Waals surface area contributed by atoms with Crippen LogP contribution in [0.2, 0.25) is 0 Å². The van der Waals surface area contributed by atoms with Crippen molar-refractivity contribution in [3.63, 3.8) is 0 Å². The lowest BCUT2D eigenvalue weighted by Gasteiger charge is -2.06. The predicted octanol–water partition coefficient (Wildman–Crippen LogP) is 2.24. The van der Waals surface area contributed by atoms with E-state index in [1.165, 1.54) is 11.1 Å². The van der Waals surface area contributed by atoms with Crippen molar-refractivity contribution in [2.45, 2.75) is 25.0 Å². The highest BCUT2D eigenvalue weighted by molar-refractivity contribution is 5.42. The molecular formula is C10H10O. The van der Waals surface area contributed by atoms with E-state index in [0.717, 1.165) is 0 Å². The Hall–Kier alpha value is -0.820. The van der Waals surface area contributed by atoms with Gasteiger partial charge < -0.3 is 4.74 Å². The first-order chi connectivity index (χ1) is 5.38. The molecule has 1 aromatic carbocycles. The molecule has 0 bridgehead atoms. The van der Waals surface area contributed by atoms with Crippen LogP contribution in [0.4, 0.5) is 0 Å². The lowest BCUT2D eigenvalue weighted by Crippen LogP contribution is -1.95. The molecule has 1 heteroatoms. The summed E-state index contributed by atoms with van der Waals surface area (Å²) in [6, 6.07) is 8.61. The molecule has 0 N–H and O–H groups in total. The lowest BCUT2D eigenvalue weighted by molar-refractivity contribution is 0.341. The van der Waals surface area contributed by atoms with Gasteiger partial charge in [-0.3, -0.25) is 0 Å². The van der Waals surface area contributed by atoms with Gasteiger partial charge in [0, 0.05) is 5.92 Å². The zero-order valence-corrected chi connectivity index (χ0v) is 6.45. The third-order valence-electron chi connectivity index (χ3n) is 2.81. The minimum Gasteiger partial charge on any atom is -0.364 e. The van der Waals surface area contributed by atoms with Gasteiger partial charge in [0.25, 0.3) is 0 Å². The summed E-state index contributed by atoms with van der Waals surface area (Å²) in [4.78, 5) is 0. The Labute approximate surface area is 66.0 Å². The zero-order chi connectivity index (χ0) is 7.42. The largest absolute Gasteiger partial charge is 0.364 e. The fourth-order valence-electron chi connectivity index (χ4n) is 2.12. The summed E-state index contributed by atoms with van der Waals surface area (Å²) in [5, 5.41) is 0. The van der Waals surface area contributed by atoms with Gasteiger partial charge in [0.05, 0.1) is 6.10 Å². The van der Waals surface area contributed by atoms with Gasteiger partial charge in [0.15, 0.2) is 0 Å². The van der Waals surface area contributed by atoms with Crippen LogP contribution in [0, 0.1) is 0 Å². The Bertz CT molecular complexity index is 290. The number of epoxide rings is 1. The molecule has 3 atom stereocenters. The fraction of sp³-hybridized carbons (Fsp3) is 0.400. The highest BCUT2D eigenvalue weighted by Crippen LogP contribution is 2.55. The smallest absolute Gasteiger partial charge is 0.110 e. The van der Waals surface area contributed by atoms with Crippen molar-refractivity contribution < 1.29 is 4.74 Å².